The molecular weight excluding hydrogens is 438 g/mol. The minimum absolute atomic E-state index is 0.0959. The summed E-state index contributed by atoms with van der Waals surface area (Å²) in [5.74, 6) is -29.8. The zero-order valence-electron chi connectivity index (χ0n) is 16.7. The maximum Gasteiger partial charge on any atom is 0.359 e. The van der Waals surface area contributed by atoms with Crippen LogP contribution in [0, 0.1) is 17.3 Å². The van der Waals surface area contributed by atoms with Gasteiger partial charge in [-0.3, -0.25) is 4.79 Å². The molecule has 2 bridgehead atoms. The highest BCUT2D eigenvalue weighted by atomic mass is 19.3. The molecular formula is C18H22F10O2. The fraction of sp³-hybridized carbons (Fsp3) is 0.944. The van der Waals surface area contributed by atoms with E-state index in [1.807, 2.05) is 0 Å². The van der Waals surface area contributed by atoms with Crippen molar-refractivity contribution < 1.29 is 53.4 Å². The smallest absolute Gasteiger partial charge is 0.359 e. The topological polar surface area (TPSA) is 26.3 Å². The molecule has 0 radical (unpaired) electrons. The molecule has 30 heavy (non-hydrogen) atoms. The van der Waals surface area contributed by atoms with Gasteiger partial charge in [-0.15, -0.1) is 0 Å². The number of hydrogen-bond donors (Lipinski definition) is 0. The average Bonchev–Trinajstić information content (AvgIpc) is 2.72. The van der Waals surface area contributed by atoms with Crippen LogP contribution >= 0.6 is 0 Å². The molecule has 0 aromatic carbocycles. The van der Waals surface area contributed by atoms with E-state index in [9.17, 15) is 48.7 Å². The molecule has 0 N–H and O–H groups in total. The number of halogens is 10. The molecule has 2 aliphatic carbocycles. The zero-order valence-corrected chi connectivity index (χ0v) is 16.7. The van der Waals surface area contributed by atoms with Crippen molar-refractivity contribution in [1.29, 1.82) is 0 Å². The van der Waals surface area contributed by atoms with E-state index in [1.165, 1.54) is 13.8 Å². The summed E-state index contributed by atoms with van der Waals surface area (Å²) in [6.45, 7) is 7.81. The Balaban J connectivity index is 2.55. The lowest BCUT2D eigenvalue weighted by Gasteiger charge is -2.42. The van der Waals surface area contributed by atoms with Crippen LogP contribution in [-0.2, 0) is 9.53 Å². The predicted octanol–water partition coefficient (Wildman–Crippen LogP) is 5.98. The van der Waals surface area contributed by atoms with Crippen molar-refractivity contribution in [2.75, 3.05) is 0 Å². The van der Waals surface area contributed by atoms with Gasteiger partial charge in [-0.2, -0.15) is 35.1 Å². The van der Waals surface area contributed by atoms with Gasteiger partial charge in [-0.05, 0) is 17.8 Å². The van der Waals surface area contributed by atoms with Crippen LogP contribution in [0.2, 0.25) is 0 Å². The summed E-state index contributed by atoms with van der Waals surface area (Å²) in [7, 11) is 0. The van der Waals surface area contributed by atoms with Crippen LogP contribution in [0.4, 0.5) is 43.9 Å². The number of carbonyl (C=O) groups is 1. The van der Waals surface area contributed by atoms with Crippen molar-refractivity contribution in [3.8, 4) is 0 Å². The van der Waals surface area contributed by atoms with Gasteiger partial charge in [0.15, 0.2) is 0 Å². The van der Waals surface area contributed by atoms with E-state index in [2.05, 4.69) is 4.74 Å². The maximum atomic E-state index is 14.8. The summed E-state index contributed by atoms with van der Waals surface area (Å²) in [6.07, 6.45) is -4.09. The Hall–Kier alpha value is -1.23. The quantitative estimate of drug-likeness (QED) is 0.360. The van der Waals surface area contributed by atoms with Gasteiger partial charge in [-0.1, -0.05) is 41.0 Å². The highest BCUT2D eigenvalue weighted by molar-refractivity contribution is 5.73. The lowest BCUT2D eigenvalue weighted by atomic mass is 9.76. The van der Waals surface area contributed by atoms with Gasteiger partial charge in [0.25, 0.3) is 5.67 Å². The molecule has 4 atom stereocenters. The number of ether oxygens (including phenoxy) is 1. The second-order valence-corrected chi connectivity index (χ2v) is 9.11. The Morgan fingerprint density at radius 2 is 1.37 bits per heavy atom. The first kappa shape index (κ1) is 25.0. The van der Waals surface area contributed by atoms with Crippen molar-refractivity contribution in [2.24, 2.45) is 17.3 Å². The highest BCUT2D eigenvalue weighted by Gasteiger charge is 3.13. The largest absolute Gasteiger partial charge is 0.452 e. The Morgan fingerprint density at radius 1 is 0.900 bits per heavy atom. The number of fused-ring (bicyclic) bond motifs is 2. The highest BCUT2D eigenvalue weighted by Crippen LogP contribution is 2.79. The molecule has 2 rings (SSSR count). The van der Waals surface area contributed by atoms with Crippen LogP contribution in [-0.4, -0.2) is 47.1 Å². The van der Waals surface area contributed by atoms with Crippen molar-refractivity contribution in [3.05, 3.63) is 0 Å². The first-order chi connectivity index (χ1) is 13.1. The molecule has 0 saturated heterocycles. The molecule has 0 spiro atoms. The standard InChI is InChI=1S/C18H22F10O2/c1-6-12(4,5)7-9(8(2)3)10(29)30-11-13(19)16(23,24)15(22,14(11,20)21)18(27,28)17(13,25)26/h8-9,11H,6-7H2,1-5H3. The van der Waals surface area contributed by atoms with E-state index in [1.54, 1.807) is 20.8 Å². The predicted molar refractivity (Wildman–Crippen MR) is 84.4 cm³/mol. The second-order valence-electron chi connectivity index (χ2n) is 9.11. The van der Waals surface area contributed by atoms with Crippen molar-refractivity contribution >= 4 is 5.97 Å². The Labute approximate surface area is 166 Å². The lowest BCUT2D eigenvalue weighted by molar-refractivity contribution is -0.362. The van der Waals surface area contributed by atoms with E-state index in [0.717, 1.165) is 0 Å². The van der Waals surface area contributed by atoms with Gasteiger partial charge in [0.1, 0.15) is 0 Å². The maximum absolute atomic E-state index is 14.8. The van der Waals surface area contributed by atoms with Gasteiger partial charge in [0.2, 0.25) is 6.10 Å². The molecule has 2 nitrogen and oxygen atoms in total. The fourth-order valence-electron chi connectivity index (χ4n) is 3.96. The lowest BCUT2D eigenvalue weighted by Crippen LogP contribution is -2.72. The van der Waals surface area contributed by atoms with Gasteiger partial charge in [0.05, 0.1) is 5.92 Å². The van der Waals surface area contributed by atoms with E-state index in [0.29, 0.717) is 6.42 Å². The first-order valence-corrected chi connectivity index (χ1v) is 9.21. The third-order valence-corrected chi connectivity index (χ3v) is 6.39. The molecule has 176 valence electrons. The fourth-order valence-corrected chi connectivity index (χ4v) is 3.96. The summed E-state index contributed by atoms with van der Waals surface area (Å²) in [5, 5.41) is 0. The van der Waals surface area contributed by atoms with Crippen LogP contribution in [0.25, 0.3) is 0 Å². The molecule has 0 amide bonds. The van der Waals surface area contributed by atoms with Gasteiger partial charge < -0.3 is 4.74 Å². The molecule has 2 saturated carbocycles. The van der Waals surface area contributed by atoms with Crippen molar-refractivity contribution in [1.82, 2.24) is 0 Å². The third kappa shape index (κ3) is 2.47. The zero-order chi connectivity index (χ0) is 23.9. The minimum atomic E-state index is -6.76. The van der Waals surface area contributed by atoms with Crippen LogP contribution in [0.5, 0.6) is 0 Å². The molecule has 0 heterocycles. The number of rotatable bonds is 6. The summed E-state index contributed by atoms with van der Waals surface area (Å²) in [5.41, 5.74) is -13.4. The molecule has 2 fully saturated rings. The van der Waals surface area contributed by atoms with Crippen LogP contribution in [0.3, 0.4) is 0 Å². The number of hydrogen-bond acceptors (Lipinski definition) is 2. The average molecular weight is 460 g/mol. The van der Waals surface area contributed by atoms with Crippen LogP contribution in [0.1, 0.15) is 47.5 Å². The number of carbonyl (C=O) groups excluding carboxylic acids is 1. The minimum Gasteiger partial charge on any atom is -0.452 e. The van der Waals surface area contributed by atoms with E-state index in [-0.39, 0.29) is 6.42 Å². The number of alkyl halides is 10. The summed E-state index contributed by atoms with van der Waals surface area (Å²) in [4.78, 5) is 12.4. The normalized spacial score (nSPS) is 36.7. The van der Waals surface area contributed by atoms with Crippen LogP contribution in [0.15, 0.2) is 0 Å². The monoisotopic (exact) mass is 460 g/mol. The van der Waals surface area contributed by atoms with Gasteiger partial charge in [-0.25, -0.2) is 8.78 Å². The third-order valence-electron chi connectivity index (χ3n) is 6.39. The molecule has 12 heteroatoms. The Kier molecular flexibility index (Phi) is 5.34. The molecule has 0 aliphatic heterocycles. The Morgan fingerprint density at radius 3 is 1.73 bits per heavy atom. The van der Waals surface area contributed by atoms with Crippen LogP contribution < -0.4 is 0 Å². The summed E-state index contributed by atoms with van der Waals surface area (Å²) >= 11 is 0. The molecule has 0 aromatic heterocycles. The number of esters is 1. The first-order valence-electron chi connectivity index (χ1n) is 9.21. The molecule has 4 unspecified atom stereocenters. The molecule has 2 aliphatic rings. The van der Waals surface area contributed by atoms with Gasteiger partial charge >= 0.3 is 35.3 Å². The molecule has 0 aromatic rings. The second kappa shape index (κ2) is 6.40. The van der Waals surface area contributed by atoms with E-state index < -0.39 is 64.4 Å². The summed E-state index contributed by atoms with van der Waals surface area (Å²) < 4.78 is 145. The van der Waals surface area contributed by atoms with Crippen molar-refractivity contribution in [3.63, 3.8) is 0 Å². The van der Waals surface area contributed by atoms with E-state index >= 15 is 0 Å². The Bertz CT molecular complexity index is 720. The van der Waals surface area contributed by atoms with E-state index in [4.69, 9.17) is 0 Å². The van der Waals surface area contributed by atoms with Gasteiger partial charge in [0, 0.05) is 0 Å². The SMILES string of the molecule is CCC(C)(C)CC(C(=O)OC1C(F)(F)C2(F)C(F)(F)C(F)(F)C1(F)C2(F)F)C(C)C. The summed E-state index contributed by atoms with van der Waals surface area (Å²) in [6, 6.07) is 0. The van der Waals surface area contributed by atoms with Crippen molar-refractivity contribution in [2.45, 2.75) is 88.6 Å².